The quantitative estimate of drug-likeness (QED) is 0.639. The van der Waals surface area contributed by atoms with Gasteiger partial charge in [0, 0.05) is 6.07 Å². The zero-order valence-electron chi connectivity index (χ0n) is 12.3. The first-order valence-corrected chi connectivity index (χ1v) is 6.55. The highest BCUT2D eigenvalue weighted by molar-refractivity contribution is 5.99. The average Bonchev–Trinajstić information content (AvgIpc) is 2.32. The Morgan fingerprint density at radius 3 is 2.45 bits per heavy atom. The van der Waals surface area contributed by atoms with Crippen molar-refractivity contribution >= 4 is 17.3 Å². The molecule has 6 heteroatoms. The highest BCUT2D eigenvalue weighted by Gasteiger charge is 2.29. The number of nitrogens with one attached hydrogen (secondary N) is 1. The van der Waals surface area contributed by atoms with Gasteiger partial charge in [0.1, 0.15) is 5.69 Å². The summed E-state index contributed by atoms with van der Waals surface area (Å²) in [4.78, 5) is 22.7. The minimum absolute atomic E-state index is 0.117. The first-order valence-electron chi connectivity index (χ1n) is 6.55. The molecule has 0 heterocycles. The van der Waals surface area contributed by atoms with Crippen LogP contribution in [0, 0.1) is 24.0 Å². The maximum atomic E-state index is 12.1. The number of nitro benzene ring substituents is 1. The molecule has 0 saturated carbocycles. The molecule has 0 aliphatic rings. The van der Waals surface area contributed by atoms with Crippen molar-refractivity contribution in [2.45, 2.75) is 46.1 Å². The summed E-state index contributed by atoms with van der Waals surface area (Å²) in [6.07, 6.45) is 1.27. The normalized spacial score (nSPS) is 13.7. The largest absolute Gasteiger partial charge is 0.319 e. The number of nitrogens with zero attached hydrogens (tertiary/aromatic N) is 1. The molecule has 0 bridgehead atoms. The van der Waals surface area contributed by atoms with Crippen LogP contribution in [-0.2, 0) is 4.79 Å². The summed E-state index contributed by atoms with van der Waals surface area (Å²) in [5, 5.41) is 13.6. The predicted octanol–water partition coefficient (Wildman–Crippen LogP) is 2.67. The third-order valence-electron chi connectivity index (χ3n) is 3.34. The smallest absolute Gasteiger partial charge is 0.293 e. The highest BCUT2D eigenvalue weighted by Crippen LogP contribution is 2.28. The lowest BCUT2D eigenvalue weighted by molar-refractivity contribution is -0.384. The van der Waals surface area contributed by atoms with Gasteiger partial charge in [-0.3, -0.25) is 14.9 Å². The van der Waals surface area contributed by atoms with Crippen LogP contribution in [0.1, 0.15) is 37.8 Å². The van der Waals surface area contributed by atoms with Gasteiger partial charge in [0.05, 0.1) is 10.5 Å². The van der Waals surface area contributed by atoms with E-state index in [0.29, 0.717) is 6.42 Å². The van der Waals surface area contributed by atoms with Gasteiger partial charge in [0.25, 0.3) is 5.69 Å². The molecule has 0 fully saturated rings. The molecule has 0 aromatic heterocycles. The van der Waals surface area contributed by atoms with Crippen molar-refractivity contribution in [1.82, 2.24) is 0 Å². The molecule has 1 rings (SSSR count). The predicted molar refractivity (Wildman–Crippen MR) is 78.7 cm³/mol. The van der Waals surface area contributed by atoms with Gasteiger partial charge in [-0.15, -0.1) is 0 Å². The minimum atomic E-state index is -1.04. The van der Waals surface area contributed by atoms with Crippen molar-refractivity contribution < 1.29 is 9.72 Å². The Hall–Kier alpha value is -1.95. The number of rotatable bonds is 5. The topological polar surface area (TPSA) is 98.3 Å². The number of nitro groups is 1. The van der Waals surface area contributed by atoms with E-state index in [4.69, 9.17) is 5.73 Å². The molecule has 0 aliphatic carbocycles. The van der Waals surface area contributed by atoms with Crippen molar-refractivity contribution in [2.24, 2.45) is 5.73 Å². The van der Waals surface area contributed by atoms with Crippen molar-refractivity contribution in [1.29, 1.82) is 0 Å². The van der Waals surface area contributed by atoms with E-state index in [0.717, 1.165) is 17.5 Å². The molecule has 1 unspecified atom stereocenters. The second-order valence-electron chi connectivity index (χ2n) is 5.33. The average molecular weight is 279 g/mol. The Morgan fingerprint density at radius 1 is 1.40 bits per heavy atom. The van der Waals surface area contributed by atoms with E-state index in [2.05, 4.69) is 5.32 Å². The Morgan fingerprint density at radius 2 is 1.95 bits per heavy atom. The number of carbonyl (C=O) groups is 1. The second-order valence-corrected chi connectivity index (χ2v) is 5.33. The van der Waals surface area contributed by atoms with Gasteiger partial charge >= 0.3 is 0 Å². The van der Waals surface area contributed by atoms with Crippen molar-refractivity contribution in [2.75, 3.05) is 5.32 Å². The van der Waals surface area contributed by atoms with Gasteiger partial charge in [0.15, 0.2) is 0 Å². The molecule has 0 aliphatic heterocycles. The van der Waals surface area contributed by atoms with E-state index >= 15 is 0 Å². The molecular formula is C14H21N3O3. The maximum Gasteiger partial charge on any atom is 0.293 e. The summed E-state index contributed by atoms with van der Waals surface area (Å²) in [6, 6.07) is 3.06. The van der Waals surface area contributed by atoms with Gasteiger partial charge in [0.2, 0.25) is 5.91 Å². The van der Waals surface area contributed by atoms with Crippen LogP contribution in [0.5, 0.6) is 0 Å². The van der Waals surface area contributed by atoms with Crippen LogP contribution in [-0.4, -0.2) is 16.4 Å². The summed E-state index contributed by atoms with van der Waals surface area (Å²) >= 11 is 0. The number of hydrogen-bond acceptors (Lipinski definition) is 4. The number of hydrogen-bond donors (Lipinski definition) is 2. The van der Waals surface area contributed by atoms with Gasteiger partial charge in [-0.2, -0.15) is 0 Å². The maximum absolute atomic E-state index is 12.1. The summed E-state index contributed by atoms with van der Waals surface area (Å²) in [5.74, 6) is -0.411. The molecule has 110 valence electrons. The number of anilines is 1. The molecule has 3 N–H and O–H groups in total. The van der Waals surface area contributed by atoms with Gasteiger partial charge in [-0.25, -0.2) is 0 Å². The standard InChI is InChI=1S/C14H21N3O3/c1-5-6-14(4,15)13(18)16-11-7-9(2)10(3)8-12(11)17(19)20/h7-8H,5-6,15H2,1-4H3,(H,16,18). The monoisotopic (exact) mass is 279 g/mol. The summed E-state index contributed by atoms with van der Waals surface area (Å²) < 4.78 is 0. The van der Waals surface area contributed by atoms with Crippen LogP contribution in [0.4, 0.5) is 11.4 Å². The first kappa shape index (κ1) is 16.1. The van der Waals surface area contributed by atoms with Crippen LogP contribution in [0.3, 0.4) is 0 Å². The molecular weight excluding hydrogens is 258 g/mol. The summed E-state index contributed by atoms with van der Waals surface area (Å²) in [7, 11) is 0. The van der Waals surface area contributed by atoms with Crippen LogP contribution >= 0.6 is 0 Å². The van der Waals surface area contributed by atoms with Crippen molar-refractivity contribution in [3.63, 3.8) is 0 Å². The Bertz CT molecular complexity index is 539. The fourth-order valence-corrected chi connectivity index (χ4v) is 1.95. The molecule has 1 amide bonds. The van der Waals surface area contributed by atoms with E-state index in [-0.39, 0.29) is 11.4 Å². The number of amides is 1. The first-order chi connectivity index (χ1) is 9.19. The zero-order valence-corrected chi connectivity index (χ0v) is 12.3. The van der Waals surface area contributed by atoms with Crippen molar-refractivity contribution in [3.05, 3.63) is 33.4 Å². The Balaban J connectivity index is 3.12. The number of carbonyl (C=O) groups excluding carboxylic acids is 1. The van der Waals surface area contributed by atoms with E-state index < -0.39 is 16.4 Å². The lowest BCUT2D eigenvalue weighted by Crippen LogP contribution is -2.48. The molecule has 1 atom stereocenters. The van der Waals surface area contributed by atoms with Crippen LogP contribution in [0.15, 0.2) is 12.1 Å². The third-order valence-corrected chi connectivity index (χ3v) is 3.34. The minimum Gasteiger partial charge on any atom is -0.319 e. The molecule has 6 nitrogen and oxygen atoms in total. The molecule has 1 aromatic carbocycles. The second kappa shape index (κ2) is 6.00. The van der Waals surface area contributed by atoms with Crippen LogP contribution < -0.4 is 11.1 Å². The Kier molecular flexibility index (Phi) is 4.83. The SMILES string of the molecule is CCCC(C)(N)C(=O)Nc1cc(C)c(C)cc1[N+](=O)[O-]. The lowest BCUT2D eigenvalue weighted by Gasteiger charge is -2.23. The summed E-state index contributed by atoms with van der Waals surface area (Å²) in [5.41, 5.74) is 6.64. The van der Waals surface area contributed by atoms with Gasteiger partial charge < -0.3 is 11.1 Å². The summed E-state index contributed by atoms with van der Waals surface area (Å²) in [6.45, 7) is 7.18. The van der Waals surface area contributed by atoms with Gasteiger partial charge in [-0.05, 0) is 44.4 Å². The molecule has 20 heavy (non-hydrogen) atoms. The van der Waals surface area contributed by atoms with Crippen molar-refractivity contribution in [3.8, 4) is 0 Å². The lowest BCUT2D eigenvalue weighted by atomic mass is 9.96. The highest BCUT2D eigenvalue weighted by atomic mass is 16.6. The van der Waals surface area contributed by atoms with Gasteiger partial charge in [-0.1, -0.05) is 13.3 Å². The molecule has 0 radical (unpaired) electrons. The van der Waals surface area contributed by atoms with E-state index in [1.807, 2.05) is 13.8 Å². The molecule has 0 saturated heterocycles. The Labute approximate surface area is 118 Å². The number of nitrogens with two attached hydrogens (primary N) is 1. The van der Waals surface area contributed by atoms with Crippen LogP contribution in [0.2, 0.25) is 0 Å². The zero-order chi connectivity index (χ0) is 15.5. The number of aryl methyl sites for hydroxylation is 2. The van der Waals surface area contributed by atoms with Crippen LogP contribution in [0.25, 0.3) is 0 Å². The fourth-order valence-electron chi connectivity index (χ4n) is 1.95. The fraction of sp³-hybridized carbons (Fsp3) is 0.500. The van der Waals surface area contributed by atoms with E-state index in [1.165, 1.54) is 6.07 Å². The molecule has 0 spiro atoms. The van der Waals surface area contributed by atoms with E-state index in [9.17, 15) is 14.9 Å². The molecule has 1 aromatic rings. The van der Waals surface area contributed by atoms with E-state index in [1.54, 1.807) is 19.9 Å². The number of benzene rings is 1. The third kappa shape index (κ3) is 3.54.